The van der Waals surface area contributed by atoms with Gasteiger partial charge in [-0.1, -0.05) is 36.2 Å². The molecule has 4 rings (SSSR count). The number of nitrogens with zero attached hydrogens (tertiary/aromatic N) is 3. The zero-order valence-electron chi connectivity index (χ0n) is 14.3. The van der Waals surface area contributed by atoms with Crippen LogP contribution in [0.25, 0.3) is 11.5 Å². The molecule has 0 unspecified atom stereocenters. The van der Waals surface area contributed by atoms with E-state index >= 15 is 0 Å². The monoisotopic (exact) mass is 338 g/mol. The molecule has 0 amide bonds. The lowest BCUT2D eigenvalue weighted by molar-refractivity contribution is 0.289. The number of nitrogens with two attached hydrogens (primary N) is 1. The molecule has 0 radical (unpaired) electrons. The van der Waals surface area contributed by atoms with Crippen LogP contribution in [0.3, 0.4) is 0 Å². The number of hydrogen-bond donors (Lipinski definition) is 1. The summed E-state index contributed by atoms with van der Waals surface area (Å²) < 4.78 is 11.3. The molecule has 25 heavy (non-hydrogen) atoms. The third-order valence-corrected chi connectivity index (χ3v) is 4.86. The van der Waals surface area contributed by atoms with Crippen LogP contribution >= 0.6 is 0 Å². The van der Waals surface area contributed by atoms with Crippen LogP contribution in [0, 0.1) is 6.92 Å². The first-order chi connectivity index (χ1) is 12.2. The molecule has 0 bridgehead atoms. The van der Waals surface area contributed by atoms with Crippen LogP contribution in [-0.2, 0) is 6.42 Å². The van der Waals surface area contributed by atoms with Gasteiger partial charge in [0.25, 0.3) is 0 Å². The van der Waals surface area contributed by atoms with Crippen molar-refractivity contribution in [1.82, 2.24) is 15.1 Å². The highest BCUT2D eigenvalue weighted by molar-refractivity contribution is 5.53. The van der Waals surface area contributed by atoms with E-state index in [-0.39, 0.29) is 12.0 Å². The second-order valence-corrected chi connectivity index (χ2v) is 6.67. The molecule has 6 nitrogen and oxygen atoms in total. The number of aromatic nitrogens is 3. The van der Waals surface area contributed by atoms with Gasteiger partial charge in [-0.2, -0.15) is 4.98 Å². The van der Waals surface area contributed by atoms with Gasteiger partial charge in [-0.3, -0.25) is 0 Å². The molecule has 0 spiro atoms. The highest BCUT2D eigenvalue weighted by Gasteiger charge is 2.28. The standard InChI is InChI=1S/C19H22N4O2/c1-12-16(21-18(24-12)13-7-3-2-4-8-13)11-17-22-19(25-23-17)14-9-5-6-10-15(14)20/h2-4,7-8,14-15H,5-6,9-11,20H2,1H3/t14-,15+/m1/s1. The van der Waals surface area contributed by atoms with Gasteiger partial charge >= 0.3 is 0 Å². The number of benzene rings is 1. The van der Waals surface area contributed by atoms with Gasteiger partial charge in [0.2, 0.25) is 11.8 Å². The SMILES string of the molecule is Cc1oc(-c2ccccc2)nc1Cc1noc([C@@H]2CCCC[C@@H]2N)n1. The van der Waals surface area contributed by atoms with E-state index in [4.69, 9.17) is 14.7 Å². The summed E-state index contributed by atoms with van der Waals surface area (Å²) in [5, 5.41) is 4.12. The molecule has 2 heterocycles. The number of hydrogen-bond acceptors (Lipinski definition) is 6. The van der Waals surface area contributed by atoms with Crippen molar-refractivity contribution in [3.63, 3.8) is 0 Å². The smallest absolute Gasteiger partial charge is 0.231 e. The molecular weight excluding hydrogens is 316 g/mol. The van der Waals surface area contributed by atoms with Crippen LogP contribution in [0.5, 0.6) is 0 Å². The molecule has 0 saturated heterocycles. The number of aryl methyl sites for hydroxylation is 1. The van der Waals surface area contributed by atoms with Crippen LogP contribution in [-0.4, -0.2) is 21.2 Å². The first-order valence-corrected chi connectivity index (χ1v) is 8.80. The summed E-state index contributed by atoms with van der Waals surface area (Å²) in [5.41, 5.74) is 8.00. The summed E-state index contributed by atoms with van der Waals surface area (Å²) in [6, 6.07) is 9.97. The van der Waals surface area contributed by atoms with E-state index in [1.165, 1.54) is 12.8 Å². The Balaban J connectivity index is 1.52. The lowest BCUT2D eigenvalue weighted by Gasteiger charge is -2.25. The molecule has 1 aliphatic rings. The van der Waals surface area contributed by atoms with E-state index in [2.05, 4.69) is 15.1 Å². The minimum atomic E-state index is 0.112. The molecule has 3 aromatic rings. The molecule has 0 aliphatic heterocycles. The Kier molecular flexibility index (Phi) is 4.36. The number of rotatable bonds is 4. The average Bonchev–Trinajstić information content (AvgIpc) is 3.24. The first-order valence-electron chi connectivity index (χ1n) is 8.80. The van der Waals surface area contributed by atoms with Crippen molar-refractivity contribution >= 4 is 0 Å². The molecular formula is C19H22N4O2. The van der Waals surface area contributed by atoms with Gasteiger partial charge in [0.1, 0.15) is 5.76 Å². The zero-order chi connectivity index (χ0) is 17.2. The highest BCUT2D eigenvalue weighted by atomic mass is 16.5. The second kappa shape index (κ2) is 6.80. The molecule has 2 N–H and O–H groups in total. The Morgan fingerprint density at radius 1 is 1.12 bits per heavy atom. The summed E-state index contributed by atoms with van der Waals surface area (Å²) in [6.45, 7) is 1.91. The average molecular weight is 338 g/mol. The Hall–Kier alpha value is -2.47. The van der Waals surface area contributed by atoms with Crippen LogP contribution in [0.15, 0.2) is 39.3 Å². The van der Waals surface area contributed by atoms with Crippen molar-refractivity contribution in [3.05, 3.63) is 53.5 Å². The fourth-order valence-corrected chi connectivity index (χ4v) is 3.40. The topological polar surface area (TPSA) is 91.0 Å². The van der Waals surface area contributed by atoms with E-state index in [0.29, 0.717) is 24.0 Å². The van der Waals surface area contributed by atoms with Crippen molar-refractivity contribution in [2.45, 2.75) is 51.0 Å². The van der Waals surface area contributed by atoms with Crippen LogP contribution in [0.1, 0.15) is 54.8 Å². The largest absolute Gasteiger partial charge is 0.441 e. The van der Waals surface area contributed by atoms with Gasteiger partial charge < -0.3 is 14.7 Å². The maximum absolute atomic E-state index is 6.21. The van der Waals surface area contributed by atoms with Gasteiger partial charge in [0, 0.05) is 11.6 Å². The van der Waals surface area contributed by atoms with Crippen molar-refractivity contribution in [1.29, 1.82) is 0 Å². The summed E-state index contributed by atoms with van der Waals surface area (Å²) in [4.78, 5) is 9.16. The molecule has 6 heteroatoms. The van der Waals surface area contributed by atoms with E-state index < -0.39 is 0 Å². The van der Waals surface area contributed by atoms with Gasteiger partial charge in [0.15, 0.2) is 5.82 Å². The maximum atomic E-state index is 6.21. The summed E-state index contributed by atoms with van der Waals surface area (Å²) in [5.74, 6) is 2.86. The van der Waals surface area contributed by atoms with Gasteiger partial charge in [-0.25, -0.2) is 4.98 Å². The normalized spacial score (nSPS) is 20.7. The molecule has 1 fully saturated rings. The van der Waals surface area contributed by atoms with Crippen molar-refractivity contribution in [3.8, 4) is 11.5 Å². The van der Waals surface area contributed by atoms with E-state index in [1.807, 2.05) is 37.3 Å². The predicted molar refractivity (Wildman–Crippen MR) is 93.0 cm³/mol. The van der Waals surface area contributed by atoms with Gasteiger partial charge in [-0.05, 0) is 31.9 Å². The van der Waals surface area contributed by atoms with E-state index in [0.717, 1.165) is 29.9 Å². The van der Waals surface area contributed by atoms with Gasteiger partial charge in [-0.15, -0.1) is 0 Å². The highest BCUT2D eigenvalue weighted by Crippen LogP contribution is 2.31. The Morgan fingerprint density at radius 2 is 1.92 bits per heavy atom. The predicted octanol–water partition coefficient (Wildman–Crippen LogP) is 3.61. The third-order valence-electron chi connectivity index (χ3n) is 4.86. The number of oxazole rings is 1. The molecule has 1 aromatic carbocycles. The summed E-state index contributed by atoms with van der Waals surface area (Å²) >= 11 is 0. The van der Waals surface area contributed by atoms with Crippen molar-refractivity contribution < 1.29 is 8.94 Å². The van der Waals surface area contributed by atoms with Crippen molar-refractivity contribution in [2.75, 3.05) is 0 Å². The molecule has 1 aliphatic carbocycles. The molecule has 2 atom stereocenters. The Labute approximate surface area is 146 Å². The lowest BCUT2D eigenvalue weighted by atomic mass is 9.85. The minimum Gasteiger partial charge on any atom is -0.441 e. The van der Waals surface area contributed by atoms with E-state index in [9.17, 15) is 0 Å². The summed E-state index contributed by atoms with van der Waals surface area (Å²) in [6.07, 6.45) is 4.88. The van der Waals surface area contributed by atoms with Gasteiger partial charge in [0.05, 0.1) is 18.0 Å². The Bertz CT molecular complexity index is 840. The quantitative estimate of drug-likeness (QED) is 0.781. The molecule has 1 saturated carbocycles. The van der Waals surface area contributed by atoms with Crippen LogP contribution in [0.2, 0.25) is 0 Å². The zero-order valence-corrected chi connectivity index (χ0v) is 14.3. The lowest BCUT2D eigenvalue weighted by Crippen LogP contribution is -2.31. The molecule has 130 valence electrons. The fourth-order valence-electron chi connectivity index (χ4n) is 3.40. The minimum absolute atomic E-state index is 0.112. The van der Waals surface area contributed by atoms with Crippen molar-refractivity contribution in [2.24, 2.45) is 5.73 Å². The Morgan fingerprint density at radius 3 is 2.72 bits per heavy atom. The first kappa shape index (κ1) is 16.0. The molecule has 2 aromatic heterocycles. The maximum Gasteiger partial charge on any atom is 0.231 e. The van der Waals surface area contributed by atoms with Crippen LogP contribution < -0.4 is 5.73 Å². The fraction of sp³-hybridized carbons (Fsp3) is 0.421. The third kappa shape index (κ3) is 3.35. The van der Waals surface area contributed by atoms with E-state index in [1.54, 1.807) is 0 Å². The second-order valence-electron chi connectivity index (χ2n) is 6.67. The summed E-state index contributed by atoms with van der Waals surface area (Å²) in [7, 11) is 0. The van der Waals surface area contributed by atoms with Crippen LogP contribution in [0.4, 0.5) is 0 Å².